The summed E-state index contributed by atoms with van der Waals surface area (Å²) in [6.07, 6.45) is 4.30. The molecule has 2 aromatic rings. The quantitative estimate of drug-likeness (QED) is 0.666. The number of nitrogens with one attached hydrogen (secondary N) is 1. The molecule has 0 saturated carbocycles. The fourth-order valence-electron chi connectivity index (χ4n) is 3.85. The predicted molar refractivity (Wildman–Crippen MR) is 98.5 cm³/mol. The van der Waals surface area contributed by atoms with Crippen molar-refractivity contribution in [2.45, 2.75) is 45.1 Å². The minimum atomic E-state index is -1.29. The molecule has 140 valence electrons. The van der Waals surface area contributed by atoms with E-state index in [1.54, 1.807) is 32.0 Å². The molecule has 3 amide bonds. The third kappa shape index (κ3) is 2.95. The van der Waals surface area contributed by atoms with E-state index in [0.717, 1.165) is 24.2 Å². The van der Waals surface area contributed by atoms with Gasteiger partial charge >= 0.3 is 6.03 Å². The van der Waals surface area contributed by atoms with E-state index in [2.05, 4.69) is 5.32 Å². The Morgan fingerprint density at radius 3 is 2.59 bits per heavy atom. The largest absolute Gasteiger partial charge is 0.463 e. The fourth-order valence-corrected chi connectivity index (χ4v) is 3.85. The molecule has 1 aromatic heterocycles. The number of imide groups is 1. The number of hydrogen-bond donors (Lipinski definition) is 1. The van der Waals surface area contributed by atoms with Crippen LogP contribution >= 0.6 is 0 Å². The second kappa shape index (κ2) is 6.37. The highest BCUT2D eigenvalue weighted by molar-refractivity contribution is 6.11. The van der Waals surface area contributed by atoms with E-state index in [0.29, 0.717) is 17.1 Å². The number of benzene rings is 1. The minimum absolute atomic E-state index is 0.244. The van der Waals surface area contributed by atoms with Gasteiger partial charge in [0, 0.05) is 5.56 Å². The van der Waals surface area contributed by atoms with Gasteiger partial charge in [0.2, 0.25) is 0 Å². The third-order valence-electron chi connectivity index (χ3n) is 5.48. The number of urea groups is 1. The summed E-state index contributed by atoms with van der Waals surface area (Å²) in [5.41, 5.74) is 1.73. The Labute approximate surface area is 157 Å². The summed E-state index contributed by atoms with van der Waals surface area (Å²) in [5.74, 6) is 0.291. The van der Waals surface area contributed by atoms with E-state index >= 15 is 0 Å². The molecule has 1 aromatic carbocycles. The van der Waals surface area contributed by atoms with Crippen LogP contribution in [0.25, 0.3) is 0 Å². The first-order valence-electron chi connectivity index (χ1n) is 9.24. The maximum atomic E-state index is 12.9. The number of hydrogen-bond acceptors (Lipinski definition) is 4. The van der Waals surface area contributed by atoms with E-state index in [9.17, 15) is 14.4 Å². The number of carbonyl (C=O) groups is 3. The normalized spacial score (nSPS) is 21.9. The molecule has 4 rings (SSSR count). The van der Waals surface area contributed by atoms with Crippen molar-refractivity contribution in [3.63, 3.8) is 0 Å². The zero-order chi connectivity index (χ0) is 19.2. The fraction of sp³-hybridized carbons (Fsp3) is 0.381. The molecule has 0 bridgehead atoms. The van der Waals surface area contributed by atoms with Crippen molar-refractivity contribution in [1.82, 2.24) is 10.2 Å². The number of ketones is 1. The molecule has 0 spiro atoms. The van der Waals surface area contributed by atoms with E-state index in [1.807, 2.05) is 12.1 Å². The van der Waals surface area contributed by atoms with Gasteiger partial charge in [0.1, 0.15) is 11.5 Å². The number of furan rings is 1. The van der Waals surface area contributed by atoms with Gasteiger partial charge in [0.15, 0.2) is 11.3 Å². The lowest BCUT2D eigenvalue weighted by molar-refractivity contribution is -0.131. The first-order chi connectivity index (χ1) is 12.9. The van der Waals surface area contributed by atoms with Crippen LogP contribution in [-0.4, -0.2) is 29.2 Å². The van der Waals surface area contributed by atoms with Crippen molar-refractivity contribution in [3.8, 4) is 0 Å². The summed E-state index contributed by atoms with van der Waals surface area (Å²) in [6.45, 7) is 3.08. The lowest BCUT2D eigenvalue weighted by Crippen LogP contribution is -2.41. The zero-order valence-electron chi connectivity index (χ0n) is 15.5. The van der Waals surface area contributed by atoms with Gasteiger partial charge in [-0.15, -0.1) is 0 Å². The van der Waals surface area contributed by atoms with E-state index in [-0.39, 0.29) is 12.3 Å². The molecule has 6 heteroatoms. The van der Waals surface area contributed by atoms with Gasteiger partial charge in [-0.3, -0.25) is 14.5 Å². The van der Waals surface area contributed by atoms with Crippen molar-refractivity contribution in [1.29, 1.82) is 0 Å². The highest BCUT2D eigenvalue weighted by atomic mass is 16.3. The van der Waals surface area contributed by atoms with Crippen molar-refractivity contribution in [2.75, 3.05) is 6.54 Å². The van der Waals surface area contributed by atoms with E-state index < -0.39 is 17.5 Å². The van der Waals surface area contributed by atoms with Crippen LogP contribution in [0, 0.1) is 6.92 Å². The van der Waals surface area contributed by atoms with Crippen molar-refractivity contribution in [2.24, 2.45) is 0 Å². The molecule has 1 aliphatic heterocycles. The number of rotatable bonds is 4. The average Bonchev–Trinajstić information content (AvgIpc) is 3.19. The lowest BCUT2D eigenvalue weighted by Gasteiger charge is -2.19. The molecule has 0 radical (unpaired) electrons. The Kier molecular flexibility index (Phi) is 4.13. The summed E-state index contributed by atoms with van der Waals surface area (Å²) in [7, 11) is 0. The number of fused-ring (bicyclic) bond motifs is 1. The first kappa shape index (κ1) is 17.5. The molecule has 1 atom stereocenters. The standard InChI is InChI=1S/C21H22N2O4/c1-13-7-10-18(27-13)21(2)19(25)23(20(26)22-21)12-17(24)16-9-8-14-5-3-4-6-15(14)11-16/h7-11H,3-6,12H2,1-2H3,(H,22,26). The molecule has 6 nitrogen and oxygen atoms in total. The third-order valence-corrected chi connectivity index (χ3v) is 5.48. The summed E-state index contributed by atoms with van der Waals surface area (Å²) in [5, 5.41) is 2.66. The minimum Gasteiger partial charge on any atom is -0.463 e. The van der Waals surface area contributed by atoms with Crippen LogP contribution in [0.4, 0.5) is 4.79 Å². The summed E-state index contributed by atoms with van der Waals surface area (Å²) < 4.78 is 5.54. The predicted octanol–water partition coefficient (Wildman–Crippen LogP) is 3.12. The maximum Gasteiger partial charge on any atom is 0.325 e. The Morgan fingerprint density at radius 1 is 1.15 bits per heavy atom. The van der Waals surface area contributed by atoms with E-state index in [4.69, 9.17) is 4.42 Å². The number of amides is 3. The Morgan fingerprint density at radius 2 is 1.89 bits per heavy atom. The van der Waals surface area contributed by atoms with Crippen LogP contribution in [0.3, 0.4) is 0 Å². The second-order valence-corrected chi connectivity index (χ2v) is 7.47. The van der Waals surface area contributed by atoms with Gasteiger partial charge in [-0.05, 0) is 68.9 Å². The smallest absolute Gasteiger partial charge is 0.325 e. The monoisotopic (exact) mass is 366 g/mol. The Bertz CT molecular complexity index is 945. The first-order valence-corrected chi connectivity index (χ1v) is 9.24. The highest BCUT2D eigenvalue weighted by Crippen LogP contribution is 2.30. The van der Waals surface area contributed by atoms with Crippen LogP contribution < -0.4 is 5.32 Å². The number of nitrogens with zero attached hydrogens (tertiary/aromatic N) is 1. The van der Waals surface area contributed by atoms with Crippen molar-refractivity contribution >= 4 is 17.7 Å². The zero-order valence-corrected chi connectivity index (χ0v) is 15.5. The maximum absolute atomic E-state index is 12.9. The highest BCUT2D eigenvalue weighted by Gasteiger charge is 2.51. The molecule has 1 aliphatic carbocycles. The molecule has 2 aliphatic rings. The van der Waals surface area contributed by atoms with Gasteiger partial charge in [-0.2, -0.15) is 0 Å². The van der Waals surface area contributed by atoms with Crippen molar-refractivity contribution in [3.05, 3.63) is 58.5 Å². The van der Waals surface area contributed by atoms with Gasteiger partial charge < -0.3 is 9.73 Å². The molecule has 27 heavy (non-hydrogen) atoms. The summed E-state index contributed by atoms with van der Waals surface area (Å²) >= 11 is 0. The second-order valence-electron chi connectivity index (χ2n) is 7.47. The molecular formula is C21H22N2O4. The Hall–Kier alpha value is -2.89. The number of Topliss-reactive ketones (excluding diaryl/α,β-unsaturated/α-hetero) is 1. The van der Waals surface area contributed by atoms with Crippen molar-refractivity contribution < 1.29 is 18.8 Å². The van der Waals surface area contributed by atoms with E-state index in [1.165, 1.54) is 17.5 Å². The Balaban J connectivity index is 1.55. The summed E-state index contributed by atoms with van der Waals surface area (Å²) in [4.78, 5) is 39.0. The molecule has 1 unspecified atom stereocenters. The molecule has 1 N–H and O–H groups in total. The van der Waals surface area contributed by atoms with Crippen LogP contribution in [0.1, 0.15) is 52.8 Å². The molecule has 2 heterocycles. The van der Waals surface area contributed by atoms with Crippen LogP contribution in [0.5, 0.6) is 0 Å². The summed E-state index contributed by atoms with van der Waals surface area (Å²) in [6, 6.07) is 8.51. The number of carbonyl (C=O) groups excluding carboxylic acids is 3. The van der Waals surface area contributed by atoms with Crippen LogP contribution in [-0.2, 0) is 23.2 Å². The average molecular weight is 366 g/mol. The van der Waals surface area contributed by atoms with Crippen LogP contribution in [0.2, 0.25) is 0 Å². The topological polar surface area (TPSA) is 79.6 Å². The molecule has 1 saturated heterocycles. The van der Waals surface area contributed by atoms with Gasteiger partial charge in [-0.1, -0.05) is 12.1 Å². The lowest BCUT2D eigenvalue weighted by atomic mass is 9.89. The van der Waals surface area contributed by atoms with Gasteiger partial charge in [-0.25, -0.2) is 4.79 Å². The molecular weight excluding hydrogens is 344 g/mol. The van der Waals surface area contributed by atoms with Gasteiger partial charge in [0.25, 0.3) is 5.91 Å². The number of aryl methyl sites for hydroxylation is 3. The van der Waals surface area contributed by atoms with Gasteiger partial charge in [0.05, 0.1) is 6.54 Å². The molecule has 1 fully saturated rings. The van der Waals surface area contributed by atoms with Crippen LogP contribution in [0.15, 0.2) is 34.7 Å². The SMILES string of the molecule is Cc1ccc(C2(C)NC(=O)N(CC(=O)c3ccc4c(c3)CCCC4)C2=O)o1.